The highest BCUT2D eigenvalue weighted by atomic mass is 16.3. The molecule has 0 aromatic rings. The Morgan fingerprint density at radius 1 is 1.42 bits per heavy atom. The van der Waals surface area contributed by atoms with E-state index in [0.717, 1.165) is 12.8 Å². The van der Waals surface area contributed by atoms with Gasteiger partial charge >= 0.3 is 0 Å². The summed E-state index contributed by atoms with van der Waals surface area (Å²) in [6.07, 6.45) is 7.57. The first kappa shape index (κ1) is 11.7. The summed E-state index contributed by atoms with van der Waals surface area (Å²) in [6, 6.07) is 0. The van der Waals surface area contributed by atoms with E-state index in [9.17, 15) is 5.11 Å². The van der Waals surface area contributed by atoms with Crippen molar-refractivity contribution < 1.29 is 5.11 Å². The third-order valence-corrected chi connectivity index (χ3v) is 2.33. The first-order valence-corrected chi connectivity index (χ1v) is 5.01. The SMILES string of the molecule is C=CCC(CCCCC)C(C)O. The zero-order valence-corrected chi connectivity index (χ0v) is 8.42. The highest BCUT2D eigenvalue weighted by Crippen LogP contribution is 2.17. The molecular formula is C11H22O. The largest absolute Gasteiger partial charge is 0.393 e. The summed E-state index contributed by atoms with van der Waals surface area (Å²) >= 11 is 0. The van der Waals surface area contributed by atoms with Crippen LogP contribution in [0.4, 0.5) is 0 Å². The van der Waals surface area contributed by atoms with Gasteiger partial charge in [0.1, 0.15) is 0 Å². The van der Waals surface area contributed by atoms with E-state index in [1.54, 1.807) is 0 Å². The van der Waals surface area contributed by atoms with Crippen LogP contribution in [0.2, 0.25) is 0 Å². The highest BCUT2D eigenvalue weighted by Gasteiger charge is 2.11. The van der Waals surface area contributed by atoms with Crippen LogP contribution in [0.5, 0.6) is 0 Å². The van der Waals surface area contributed by atoms with E-state index in [1.165, 1.54) is 19.3 Å². The van der Waals surface area contributed by atoms with Gasteiger partial charge in [0, 0.05) is 0 Å². The fourth-order valence-corrected chi connectivity index (χ4v) is 1.43. The van der Waals surface area contributed by atoms with Gasteiger partial charge in [0.05, 0.1) is 6.10 Å². The molecule has 72 valence electrons. The summed E-state index contributed by atoms with van der Waals surface area (Å²) in [5, 5.41) is 9.39. The van der Waals surface area contributed by atoms with Crippen molar-refractivity contribution in [2.24, 2.45) is 5.92 Å². The number of aliphatic hydroxyl groups is 1. The van der Waals surface area contributed by atoms with Gasteiger partial charge in [-0.1, -0.05) is 32.3 Å². The van der Waals surface area contributed by atoms with Gasteiger partial charge in [-0.25, -0.2) is 0 Å². The second-order valence-corrected chi connectivity index (χ2v) is 3.52. The van der Waals surface area contributed by atoms with Gasteiger partial charge in [-0.05, 0) is 25.7 Å². The van der Waals surface area contributed by atoms with E-state index in [4.69, 9.17) is 0 Å². The summed E-state index contributed by atoms with van der Waals surface area (Å²) < 4.78 is 0. The van der Waals surface area contributed by atoms with Crippen molar-refractivity contribution in [3.63, 3.8) is 0 Å². The Hall–Kier alpha value is -0.300. The van der Waals surface area contributed by atoms with E-state index in [0.29, 0.717) is 5.92 Å². The standard InChI is InChI=1S/C11H22O/c1-4-6-7-9-11(8-5-2)10(3)12/h5,10-12H,2,4,6-9H2,1,3H3. The summed E-state index contributed by atoms with van der Waals surface area (Å²) in [7, 11) is 0. The topological polar surface area (TPSA) is 20.2 Å². The molecule has 1 N–H and O–H groups in total. The first-order valence-electron chi connectivity index (χ1n) is 5.01. The number of aliphatic hydroxyl groups excluding tert-OH is 1. The van der Waals surface area contributed by atoms with Gasteiger partial charge in [-0.15, -0.1) is 6.58 Å². The fraction of sp³-hybridized carbons (Fsp3) is 0.818. The maximum absolute atomic E-state index is 9.39. The normalized spacial score (nSPS) is 15.6. The molecule has 0 fully saturated rings. The van der Waals surface area contributed by atoms with Crippen molar-refractivity contribution in [2.45, 2.75) is 52.1 Å². The molecule has 0 heterocycles. The molecule has 0 aromatic carbocycles. The molecule has 0 aromatic heterocycles. The van der Waals surface area contributed by atoms with E-state index in [2.05, 4.69) is 13.5 Å². The van der Waals surface area contributed by atoms with Crippen LogP contribution >= 0.6 is 0 Å². The number of hydrogen-bond acceptors (Lipinski definition) is 1. The average molecular weight is 170 g/mol. The van der Waals surface area contributed by atoms with Gasteiger partial charge in [0.2, 0.25) is 0 Å². The molecule has 0 bridgehead atoms. The fourth-order valence-electron chi connectivity index (χ4n) is 1.43. The van der Waals surface area contributed by atoms with Gasteiger partial charge in [-0.2, -0.15) is 0 Å². The van der Waals surface area contributed by atoms with Gasteiger partial charge in [0.15, 0.2) is 0 Å². The summed E-state index contributed by atoms with van der Waals surface area (Å²) in [5.41, 5.74) is 0. The second-order valence-electron chi connectivity index (χ2n) is 3.52. The summed E-state index contributed by atoms with van der Waals surface area (Å²) in [5.74, 6) is 0.425. The average Bonchev–Trinajstić information content (AvgIpc) is 2.03. The van der Waals surface area contributed by atoms with Gasteiger partial charge < -0.3 is 5.11 Å². The maximum atomic E-state index is 9.39. The highest BCUT2D eigenvalue weighted by molar-refractivity contribution is 4.76. The van der Waals surface area contributed by atoms with Crippen molar-refractivity contribution in [1.29, 1.82) is 0 Å². The second kappa shape index (κ2) is 7.35. The van der Waals surface area contributed by atoms with E-state index < -0.39 is 0 Å². The van der Waals surface area contributed by atoms with Gasteiger partial charge in [-0.3, -0.25) is 0 Å². The molecule has 0 aliphatic carbocycles. The van der Waals surface area contributed by atoms with Crippen molar-refractivity contribution in [3.8, 4) is 0 Å². The Balaban J connectivity index is 3.55. The number of allylic oxidation sites excluding steroid dienone is 1. The minimum Gasteiger partial charge on any atom is -0.393 e. The molecule has 0 spiro atoms. The molecular weight excluding hydrogens is 148 g/mol. The van der Waals surface area contributed by atoms with Gasteiger partial charge in [0.25, 0.3) is 0 Å². The van der Waals surface area contributed by atoms with Crippen LogP contribution in [0.25, 0.3) is 0 Å². The molecule has 0 radical (unpaired) electrons. The van der Waals surface area contributed by atoms with Crippen molar-refractivity contribution in [1.82, 2.24) is 0 Å². The molecule has 1 heteroatoms. The Morgan fingerprint density at radius 3 is 2.50 bits per heavy atom. The Morgan fingerprint density at radius 2 is 2.08 bits per heavy atom. The maximum Gasteiger partial charge on any atom is 0.0543 e. The van der Waals surface area contributed by atoms with Crippen LogP contribution < -0.4 is 0 Å². The van der Waals surface area contributed by atoms with Crippen molar-refractivity contribution in [3.05, 3.63) is 12.7 Å². The lowest BCUT2D eigenvalue weighted by Gasteiger charge is -2.17. The molecule has 1 nitrogen and oxygen atoms in total. The molecule has 0 aliphatic rings. The number of rotatable bonds is 7. The van der Waals surface area contributed by atoms with Crippen LogP contribution in [-0.4, -0.2) is 11.2 Å². The Bertz CT molecular complexity index is 108. The predicted octanol–water partition coefficient (Wildman–Crippen LogP) is 3.14. The quantitative estimate of drug-likeness (QED) is 0.459. The van der Waals surface area contributed by atoms with E-state index in [-0.39, 0.29) is 6.10 Å². The van der Waals surface area contributed by atoms with E-state index in [1.807, 2.05) is 13.0 Å². The van der Waals surface area contributed by atoms with Crippen molar-refractivity contribution in [2.75, 3.05) is 0 Å². The molecule has 0 rings (SSSR count). The molecule has 0 saturated heterocycles. The molecule has 0 amide bonds. The lowest BCUT2D eigenvalue weighted by molar-refractivity contribution is 0.120. The number of unbranched alkanes of at least 4 members (excludes halogenated alkanes) is 2. The lowest BCUT2D eigenvalue weighted by atomic mass is 9.93. The Labute approximate surface area is 76.5 Å². The molecule has 2 unspecified atom stereocenters. The zero-order valence-electron chi connectivity index (χ0n) is 8.42. The molecule has 0 aliphatic heterocycles. The minimum absolute atomic E-state index is 0.181. The third kappa shape index (κ3) is 5.36. The minimum atomic E-state index is -0.181. The summed E-state index contributed by atoms with van der Waals surface area (Å²) in [4.78, 5) is 0. The molecule has 12 heavy (non-hydrogen) atoms. The molecule has 0 saturated carbocycles. The Kier molecular flexibility index (Phi) is 7.17. The van der Waals surface area contributed by atoms with Crippen LogP contribution in [0.1, 0.15) is 46.0 Å². The van der Waals surface area contributed by atoms with Crippen LogP contribution in [0.3, 0.4) is 0 Å². The van der Waals surface area contributed by atoms with Crippen molar-refractivity contribution >= 4 is 0 Å². The van der Waals surface area contributed by atoms with Crippen LogP contribution in [-0.2, 0) is 0 Å². The first-order chi connectivity index (χ1) is 5.72. The summed E-state index contributed by atoms with van der Waals surface area (Å²) in [6.45, 7) is 7.77. The zero-order chi connectivity index (χ0) is 9.40. The smallest absolute Gasteiger partial charge is 0.0543 e. The lowest BCUT2D eigenvalue weighted by Crippen LogP contribution is -2.15. The molecule has 2 atom stereocenters. The van der Waals surface area contributed by atoms with E-state index >= 15 is 0 Å². The van der Waals surface area contributed by atoms with Crippen LogP contribution in [0, 0.1) is 5.92 Å². The van der Waals surface area contributed by atoms with Crippen LogP contribution in [0.15, 0.2) is 12.7 Å². The number of hydrogen-bond donors (Lipinski definition) is 1. The monoisotopic (exact) mass is 170 g/mol. The predicted molar refractivity (Wildman–Crippen MR) is 54.1 cm³/mol. The third-order valence-electron chi connectivity index (χ3n) is 2.33.